The van der Waals surface area contributed by atoms with E-state index in [2.05, 4.69) is 4.57 Å². The fourth-order valence-corrected chi connectivity index (χ4v) is 3.75. The minimum atomic E-state index is -0.390. The van der Waals surface area contributed by atoms with Gasteiger partial charge >= 0.3 is 0 Å². The molecule has 0 spiro atoms. The van der Waals surface area contributed by atoms with E-state index < -0.39 is 0 Å². The minimum absolute atomic E-state index is 0.103. The summed E-state index contributed by atoms with van der Waals surface area (Å²) in [5, 5.41) is 0. The quantitative estimate of drug-likeness (QED) is 0.457. The minimum Gasteiger partial charge on any atom is -0.485 e. The van der Waals surface area contributed by atoms with E-state index in [1.54, 1.807) is 31.4 Å². The number of rotatable bonds is 9. The largest absolute Gasteiger partial charge is 0.485 e. The second-order valence-corrected chi connectivity index (χ2v) is 7.53. The first-order valence-electron chi connectivity index (χ1n) is 10.1. The van der Waals surface area contributed by atoms with Gasteiger partial charge in [0.25, 0.3) is 0 Å². The molecule has 5 nitrogen and oxygen atoms in total. The van der Waals surface area contributed by atoms with Crippen LogP contribution < -0.4 is 4.74 Å². The number of ether oxygens (including phenoxy) is 2. The predicted molar refractivity (Wildman–Crippen MR) is 117 cm³/mol. The van der Waals surface area contributed by atoms with E-state index in [4.69, 9.17) is 9.47 Å². The van der Waals surface area contributed by atoms with Crippen LogP contribution in [0.15, 0.2) is 54.6 Å². The zero-order chi connectivity index (χ0) is 22.5. The highest BCUT2D eigenvalue weighted by molar-refractivity contribution is 6.09. The Morgan fingerprint density at radius 1 is 1.00 bits per heavy atom. The summed E-state index contributed by atoms with van der Waals surface area (Å²) >= 11 is 0. The summed E-state index contributed by atoms with van der Waals surface area (Å²) in [6.45, 7) is 6.39. The Bertz CT molecular complexity index is 1070. The van der Waals surface area contributed by atoms with Crippen LogP contribution in [0.3, 0.4) is 0 Å². The zero-order valence-corrected chi connectivity index (χ0v) is 18.1. The summed E-state index contributed by atoms with van der Waals surface area (Å²) in [5.74, 6) is -0.222. The van der Waals surface area contributed by atoms with Crippen molar-refractivity contribution in [1.29, 1.82) is 0 Å². The molecule has 0 aliphatic rings. The van der Waals surface area contributed by atoms with E-state index in [1.807, 2.05) is 26.8 Å². The summed E-state index contributed by atoms with van der Waals surface area (Å²) in [6, 6.07) is 14.0. The molecule has 0 fully saturated rings. The first kappa shape index (κ1) is 22.4. The molecule has 0 N–H and O–H groups in total. The van der Waals surface area contributed by atoms with Crippen LogP contribution in [0.5, 0.6) is 5.75 Å². The van der Waals surface area contributed by atoms with E-state index in [0.717, 1.165) is 11.4 Å². The molecular weight excluding hydrogens is 397 g/mol. The smallest absolute Gasteiger partial charge is 0.202 e. The molecule has 1 atom stereocenters. The molecule has 0 amide bonds. The van der Waals surface area contributed by atoms with Gasteiger partial charge in [0.05, 0.1) is 12.6 Å². The van der Waals surface area contributed by atoms with Gasteiger partial charge in [-0.1, -0.05) is 0 Å². The molecule has 0 saturated heterocycles. The van der Waals surface area contributed by atoms with E-state index in [9.17, 15) is 14.0 Å². The number of hydrogen-bond donors (Lipinski definition) is 0. The number of benzene rings is 2. The Labute approximate surface area is 181 Å². The van der Waals surface area contributed by atoms with E-state index in [1.165, 1.54) is 24.3 Å². The average molecular weight is 423 g/mol. The molecule has 6 heteroatoms. The third-order valence-corrected chi connectivity index (χ3v) is 5.23. The topological polar surface area (TPSA) is 57.5 Å². The molecule has 162 valence electrons. The highest BCUT2D eigenvalue weighted by atomic mass is 19.1. The average Bonchev–Trinajstić information content (AvgIpc) is 3.06. The Hall–Kier alpha value is -3.25. The lowest BCUT2D eigenvalue weighted by atomic mass is 10.0. The van der Waals surface area contributed by atoms with Crippen LogP contribution in [0, 0.1) is 19.7 Å². The van der Waals surface area contributed by atoms with Crippen LogP contribution in [-0.2, 0) is 4.74 Å². The maximum Gasteiger partial charge on any atom is 0.202 e. The number of hydrogen-bond acceptors (Lipinski definition) is 4. The number of carbonyl (C=O) groups excluding carboxylic acids is 2. The maximum atomic E-state index is 13.0. The first-order valence-corrected chi connectivity index (χ1v) is 10.1. The zero-order valence-electron chi connectivity index (χ0n) is 18.1. The van der Waals surface area contributed by atoms with Crippen molar-refractivity contribution in [2.45, 2.75) is 26.8 Å². The van der Waals surface area contributed by atoms with Gasteiger partial charge in [0, 0.05) is 35.2 Å². The van der Waals surface area contributed by atoms with Crippen molar-refractivity contribution in [2.75, 3.05) is 20.3 Å². The van der Waals surface area contributed by atoms with Crippen LogP contribution >= 0.6 is 0 Å². The summed E-state index contributed by atoms with van der Waals surface area (Å²) in [4.78, 5) is 25.2. The molecule has 0 aliphatic carbocycles. The van der Waals surface area contributed by atoms with Gasteiger partial charge < -0.3 is 14.0 Å². The van der Waals surface area contributed by atoms with Gasteiger partial charge in [0.1, 0.15) is 11.6 Å². The summed E-state index contributed by atoms with van der Waals surface area (Å²) < 4.78 is 26.0. The van der Waals surface area contributed by atoms with Gasteiger partial charge in [0.15, 0.2) is 12.4 Å². The number of aromatic nitrogens is 1. The number of aryl methyl sites for hydroxylation is 1. The van der Waals surface area contributed by atoms with E-state index in [-0.39, 0.29) is 30.0 Å². The maximum absolute atomic E-state index is 13.0. The second-order valence-electron chi connectivity index (χ2n) is 7.53. The fraction of sp³-hybridized carbons (Fsp3) is 0.280. The lowest BCUT2D eigenvalue weighted by molar-refractivity contribution is 0.0919. The van der Waals surface area contributed by atoms with Crippen LogP contribution in [-0.4, -0.2) is 36.5 Å². The van der Waals surface area contributed by atoms with E-state index >= 15 is 0 Å². The van der Waals surface area contributed by atoms with Crippen LogP contribution in [0.4, 0.5) is 4.39 Å². The number of Topliss-reactive ketones (excluding diaryl/α,β-unsaturated/α-hetero) is 1. The summed E-state index contributed by atoms with van der Waals surface area (Å²) in [7, 11) is 1.66. The van der Waals surface area contributed by atoms with Crippen molar-refractivity contribution in [3.8, 4) is 5.75 Å². The molecule has 2 aromatic carbocycles. The third-order valence-electron chi connectivity index (χ3n) is 5.23. The fourth-order valence-electron chi connectivity index (χ4n) is 3.75. The molecule has 31 heavy (non-hydrogen) atoms. The number of nitrogens with zero attached hydrogens (tertiary/aromatic N) is 1. The van der Waals surface area contributed by atoms with Crippen molar-refractivity contribution in [1.82, 2.24) is 4.57 Å². The van der Waals surface area contributed by atoms with Crippen LogP contribution in [0.1, 0.15) is 50.6 Å². The molecule has 0 radical (unpaired) electrons. The third kappa shape index (κ3) is 5.09. The van der Waals surface area contributed by atoms with Crippen molar-refractivity contribution >= 4 is 11.6 Å². The van der Waals surface area contributed by atoms with Crippen molar-refractivity contribution in [2.24, 2.45) is 0 Å². The van der Waals surface area contributed by atoms with Crippen LogP contribution in [0.25, 0.3) is 0 Å². The van der Waals surface area contributed by atoms with Gasteiger partial charge in [0.2, 0.25) is 5.78 Å². The Morgan fingerprint density at radius 2 is 1.58 bits per heavy atom. The molecule has 1 heterocycles. The molecule has 3 aromatic rings. The predicted octanol–water partition coefficient (Wildman–Crippen LogP) is 4.94. The van der Waals surface area contributed by atoms with Crippen molar-refractivity contribution < 1.29 is 23.5 Å². The van der Waals surface area contributed by atoms with Crippen molar-refractivity contribution in [3.63, 3.8) is 0 Å². The lowest BCUT2D eigenvalue weighted by Gasteiger charge is -2.17. The van der Waals surface area contributed by atoms with Gasteiger partial charge in [-0.15, -0.1) is 0 Å². The Balaban J connectivity index is 1.65. The number of ketones is 2. The highest BCUT2D eigenvalue weighted by Gasteiger charge is 2.19. The highest BCUT2D eigenvalue weighted by Crippen LogP contribution is 2.22. The second kappa shape index (κ2) is 9.71. The molecule has 3 rings (SSSR count). The molecule has 0 aliphatic heterocycles. The normalized spacial score (nSPS) is 11.9. The SMILES string of the molecule is COC[C@@H](C)n1c(C)cc(C(=O)COc2ccc(C(=O)c3ccc(F)cc3)cc2)c1C. The van der Waals surface area contributed by atoms with Crippen LogP contribution in [0.2, 0.25) is 0 Å². The molecule has 0 unspecified atom stereocenters. The number of halogens is 1. The molecule has 0 bridgehead atoms. The van der Waals surface area contributed by atoms with Gasteiger partial charge in [-0.05, 0) is 75.4 Å². The van der Waals surface area contributed by atoms with E-state index in [0.29, 0.717) is 29.0 Å². The first-order chi connectivity index (χ1) is 14.8. The number of methoxy groups -OCH3 is 1. The molecule has 0 saturated carbocycles. The molecule has 1 aromatic heterocycles. The Kier molecular flexibility index (Phi) is 7.02. The summed E-state index contributed by atoms with van der Waals surface area (Å²) in [5.41, 5.74) is 3.37. The van der Waals surface area contributed by atoms with Crippen molar-refractivity contribution in [3.05, 3.63) is 88.5 Å². The standard InChI is InChI=1S/C25H26FNO4/c1-16-13-23(18(3)27(16)17(2)14-30-4)24(28)15-31-22-11-7-20(8-12-22)25(29)19-5-9-21(26)10-6-19/h5-13,17H,14-15H2,1-4H3/t17-/m1/s1. The monoisotopic (exact) mass is 423 g/mol. The van der Waals surface area contributed by atoms with Gasteiger partial charge in [-0.25, -0.2) is 4.39 Å². The molecular formula is C25H26FNO4. The summed E-state index contributed by atoms with van der Waals surface area (Å²) in [6.07, 6.45) is 0. The lowest BCUT2D eigenvalue weighted by Crippen LogP contribution is -2.16. The van der Waals surface area contributed by atoms with Gasteiger partial charge in [-0.2, -0.15) is 0 Å². The number of carbonyl (C=O) groups is 2. The Morgan fingerprint density at radius 3 is 2.16 bits per heavy atom. The van der Waals surface area contributed by atoms with Gasteiger partial charge in [-0.3, -0.25) is 9.59 Å².